The zero-order valence-electron chi connectivity index (χ0n) is 13.8. The number of nitro benzene ring substituents is 1. The van der Waals surface area contributed by atoms with E-state index in [2.05, 4.69) is 5.32 Å². The summed E-state index contributed by atoms with van der Waals surface area (Å²) in [6.07, 6.45) is -1.15. The molecular weight excluding hydrogens is 383 g/mol. The van der Waals surface area contributed by atoms with Crippen LogP contribution in [0.15, 0.2) is 36.4 Å². The van der Waals surface area contributed by atoms with Crippen molar-refractivity contribution in [2.75, 3.05) is 5.32 Å². The van der Waals surface area contributed by atoms with Crippen LogP contribution in [-0.2, 0) is 9.53 Å². The van der Waals surface area contributed by atoms with Gasteiger partial charge in [-0.05, 0) is 38.1 Å². The predicted octanol–water partition coefficient (Wildman–Crippen LogP) is 4.39. The SMILES string of the molecule is Cc1ccc(C(=O)O[C@@H](C)C(=O)Nc2cc(Cl)ccc2Cl)cc1[N+](=O)[O-]. The van der Waals surface area contributed by atoms with Gasteiger partial charge in [0.2, 0.25) is 0 Å². The van der Waals surface area contributed by atoms with Crippen molar-refractivity contribution in [1.82, 2.24) is 0 Å². The van der Waals surface area contributed by atoms with Gasteiger partial charge in [-0.2, -0.15) is 0 Å². The summed E-state index contributed by atoms with van der Waals surface area (Å²) in [5.41, 5.74) is 0.455. The largest absolute Gasteiger partial charge is 0.449 e. The number of ether oxygens (including phenoxy) is 1. The summed E-state index contributed by atoms with van der Waals surface area (Å²) in [7, 11) is 0. The Bertz CT molecular complexity index is 885. The second-order valence-corrected chi connectivity index (χ2v) is 6.26. The highest BCUT2D eigenvalue weighted by Gasteiger charge is 2.22. The number of nitro groups is 1. The molecule has 2 aromatic rings. The lowest BCUT2D eigenvalue weighted by Crippen LogP contribution is -2.30. The van der Waals surface area contributed by atoms with Crippen LogP contribution in [0, 0.1) is 17.0 Å². The molecule has 136 valence electrons. The number of anilines is 1. The number of esters is 1. The van der Waals surface area contributed by atoms with E-state index in [1.165, 1.54) is 31.2 Å². The summed E-state index contributed by atoms with van der Waals surface area (Å²) in [4.78, 5) is 34.7. The molecule has 9 heteroatoms. The fourth-order valence-corrected chi connectivity index (χ4v) is 2.38. The first-order valence-electron chi connectivity index (χ1n) is 7.41. The molecule has 0 radical (unpaired) electrons. The van der Waals surface area contributed by atoms with Crippen LogP contribution >= 0.6 is 23.2 Å². The highest BCUT2D eigenvalue weighted by molar-refractivity contribution is 6.35. The van der Waals surface area contributed by atoms with Gasteiger partial charge in [-0.15, -0.1) is 0 Å². The molecule has 7 nitrogen and oxygen atoms in total. The van der Waals surface area contributed by atoms with Gasteiger partial charge in [0, 0.05) is 16.7 Å². The molecule has 0 aromatic heterocycles. The first kappa shape index (κ1) is 19.7. The van der Waals surface area contributed by atoms with Gasteiger partial charge < -0.3 is 10.1 Å². The van der Waals surface area contributed by atoms with E-state index < -0.39 is 22.9 Å². The van der Waals surface area contributed by atoms with E-state index in [1.807, 2.05) is 0 Å². The average molecular weight is 397 g/mol. The average Bonchev–Trinajstić information content (AvgIpc) is 2.58. The molecule has 0 heterocycles. The van der Waals surface area contributed by atoms with Crippen molar-refractivity contribution >= 4 is 46.5 Å². The Morgan fingerprint density at radius 1 is 1.19 bits per heavy atom. The monoisotopic (exact) mass is 396 g/mol. The first-order valence-corrected chi connectivity index (χ1v) is 8.16. The van der Waals surface area contributed by atoms with Crippen LogP contribution in [0.4, 0.5) is 11.4 Å². The Kier molecular flexibility index (Phi) is 6.18. The lowest BCUT2D eigenvalue weighted by atomic mass is 10.1. The van der Waals surface area contributed by atoms with Gasteiger partial charge in [0.1, 0.15) is 0 Å². The molecule has 0 aliphatic rings. The van der Waals surface area contributed by atoms with Gasteiger partial charge in [-0.1, -0.05) is 29.3 Å². The molecule has 0 bridgehead atoms. The minimum atomic E-state index is -1.15. The maximum absolute atomic E-state index is 12.2. The molecule has 1 atom stereocenters. The fraction of sp³-hybridized carbons (Fsp3) is 0.176. The topological polar surface area (TPSA) is 98.5 Å². The number of nitrogens with zero attached hydrogens (tertiary/aromatic N) is 1. The van der Waals surface area contributed by atoms with Crippen LogP contribution in [0.1, 0.15) is 22.8 Å². The number of hydrogen-bond acceptors (Lipinski definition) is 5. The maximum atomic E-state index is 12.2. The van der Waals surface area contributed by atoms with Crippen molar-refractivity contribution in [2.24, 2.45) is 0 Å². The summed E-state index contributed by atoms with van der Waals surface area (Å²) in [6, 6.07) is 8.47. The van der Waals surface area contributed by atoms with Crippen molar-refractivity contribution in [3.63, 3.8) is 0 Å². The van der Waals surface area contributed by atoms with Crippen LogP contribution in [-0.4, -0.2) is 22.9 Å². The van der Waals surface area contributed by atoms with E-state index >= 15 is 0 Å². The van der Waals surface area contributed by atoms with E-state index in [0.717, 1.165) is 6.07 Å². The van der Waals surface area contributed by atoms with Crippen molar-refractivity contribution in [3.8, 4) is 0 Å². The number of carbonyl (C=O) groups is 2. The molecule has 0 aliphatic carbocycles. The van der Waals surface area contributed by atoms with E-state index in [0.29, 0.717) is 10.6 Å². The van der Waals surface area contributed by atoms with Gasteiger partial charge in [-0.25, -0.2) is 4.79 Å². The normalized spacial score (nSPS) is 11.5. The number of rotatable bonds is 5. The molecule has 26 heavy (non-hydrogen) atoms. The van der Waals surface area contributed by atoms with E-state index in [1.54, 1.807) is 13.0 Å². The molecule has 2 aromatic carbocycles. The maximum Gasteiger partial charge on any atom is 0.339 e. The predicted molar refractivity (Wildman–Crippen MR) is 97.8 cm³/mol. The molecule has 0 saturated carbocycles. The summed E-state index contributed by atoms with van der Waals surface area (Å²) in [5.74, 6) is -1.47. The Balaban J connectivity index is 2.09. The van der Waals surface area contributed by atoms with Crippen molar-refractivity contribution in [3.05, 3.63) is 67.7 Å². The van der Waals surface area contributed by atoms with Crippen LogP contribution < -0.4 is 5.32 Å². The number of amides is 1. The van der Waals surface area contributed by atoms with Gasteiger partial charge in [0.25, 0.3) is 11.6 Å². The van der Waals surface area contributed by atoms with Gasteiger partial charge >= 0.3 is 5.97 Å². The molecule has 0 aliphatic heterocycles. The Morgan fingerprint density at radius 2 is 1.88 bits per heavy atom. The quantitative estimate of drug-likeness (QED) is 0.458. The molecule has 0 fully saturated rings. The van der Waals surface area contributed by atoms with Gasteiger partial charge in [0.15, 0.2) is 6.10 Å². The smallest absolute Gasteiger partial charge is 0.339 e. The standard InChI is InChI=1S/C17H14Cl2N2O5/c1-9-3-4-11(7-15(9)21(24)25)17(23)26-10(2)16(22)20-14-8-12(18)5-6-13(14)19/h3-8,10H,1-2H3,(H,20,22)/t10-/m0/s1. The van der Waals surface area contributed by atoms with Crippen LogP contribution in [0.25, 0.3) is 0 Å². The summed E-state index contributed by atoms with van der Waals surface area (Å²) in [6.45, 7) is 2.92. The van der Waals surface area contributed by atoms with Crippen molar-refractivity contribution < 1.29 is 19.2 Å². The van der Waals surface area contributed by atoms with E-state index in [4.69, 9.17) is 27.9 Å². The lowest BCUT2D eigenvalue weighted by molar-refractivity contribution is -0.385. The first-order chi connectivity index (χ1) is 12.2. The Labute approximate surface area is 159 Å². The number of halogens is 2. The number of nitrogens with one attached hydrogen (secondary N) is 1. The highest BCUT2D eigenvalue weighted by Crippen LogP contribution is 2.26. The molecule has 0 spiro atoms. The van der Waals surface area contributed by atoms with Crippen molar-refractivity contribution in [2.45, 2.75) is 20.0 Å². The van der Waals surface area contributed by atoms with Crippen LogP contribution in [0.3, 0.4) is 0 Å². The number of aryl methyl sites for hydroxylation is 1. The zero-order chi connectivity index (χ0) is 19.4. The summed E-state index contributed by atoms with van der Waals surface area (Å²) < 4.78 is 5.07. The third-order valence-corrected chi connectivity index (χ3v) is 4.05. The van der Waals surface area contributed by atoms with Gasteiger partial charge in [0.05, 0.1) is 21.2 Å². The van der Waals surface area contributed by atoms with Crippen LogP contribution in [0.5, 0.6) is 0 Å². The number of benzene rings is 2. The molecule has 0 unspecified atom stereocenters. The second-order valence-electron chi connectivity index (χ2n) is 5.42. The fourth-order valence-electron chi connectivity index (χ4n) is 2.04. The second kappa shape index (κ2) is 8.16. The minimum absolute atomic E-state index is 0.0252. The lowest BCUT2D eigenvalue weighted by Gasteiger charge is -2.14. The summed E-state index contributed by atoms with van der Waals surface area (Å²) in [5, 5.41) is 14.1. The van der Waals surface area contributed by atoms with Crippen molar-refractivity contribution in [1.29, 1.82) is 0 Å². The Morgan fingerprint density at radius 3 is 2.54 bits per heavy atom. The molecular formula is C17H14Cl2N2O5. The van der Waals surface area contributed by atoms with Gasteiger partial charge in [-0.3, -0.25) is 14.9 Å². The highest BCUT2D eigenvalue weighted by atomic mass is 35.5. The molecule has 0 saturated heterocycles. The van der Waals surface area contributed by atoms with E-state index in [-0.39, 0.29) is 22.0 Å². The van der Waals surface area contributed by atoms with E-state index in [9.17, 15) is 19.7 Å². The molecule has 2 rings (SSSR count). The number of carbonyl (C=O) groups excluding carboxylic acids is 2. The molecule has 1 N–H and O–H groups in total. The summed E-state index contributed by atoms with van der Waals surface area (Å²) >= 11 is 11.8. The third kappa shape index (κ3) is 4.71. The molecule has 1 amide bonds. The zero-order valence-corrected chi connectivity index (χ0v) is 15.3. The minimum Gasteiger partial charge on any atom is -0.449 e. The van der Waals surface area contributed by atoms with Crippen LogP contribution in [0.2, 0.25) is 10.0 Å². The number of hydrogen-bond donors (Lipinski definition) is 1. The third-order valence-electron chi connectivity index (χ3n) is 3.48. The Hall–Kier alpha value is -2.64.